The summed E-state index contributed by atoms with van der Waals surface area (Å²) >= 11 is 0. The van der Waals surface area contributed by atoms with Crippen LogP contribution in [0.15, 0.2) is 47.5 Å². The molecule has 0 radical (unpaired) electrons. The van der Waals surface area contributed by atoms with Gasteiger partial charge in [-0.3, -0.25) is 9.79 Å². The molecule has 4 heteroatoms. The van der Waals surface area contributed by atoms with E-state index in [9.17, 15) is 4.79 Å². The van der Waals surface area contributed by atoms with Crippen molar-refractivity contribution in [2.75, 3.05) is 7.05 Å². The second-order valence-electron chi connectivity index (χ2n) is 4.13. The second kappa shape index (κ2) is 4.57. The SMILES string of the molecule is CNC(=O)c1cccc2c1Oc1ccccc1N=C2. The fraction of sp³-hybridized carbons (Fsp3) is 0.0667. The van der Waals surface area contributed by atoms with Gasteiger partial charge in [-0.25, -0.2) is 0 Å². The monoisotopic (exact) mass is 252 g/mol. The zero-order chi connectivity index (χ0) is 13.2. The first kappa shape index (κ1) is 11.5. The van der Waals surface area contributed by atoms with E-state index in [1.165, 1.54) is 0 Å². The van der Waals surface area contributed by atoms with Gasteiger partial charge in [0.2, 0.25) is 0 Å². The molecule has 1 aliphatic heterocycles. The van der Waals surface area contributed by atoms with Crippen LogP contribution >= 0.6 is 0 Å². The highest BCUT2D eigenvalue weighted by Crippen LogP contribution is 2.37. The highest BCUT2D eigenvalue weighted by Gasteiger charge is 2.18. The molecule has 0 aromatic heterocycles. The van der Waals surface area contributed by atoms with Gasteiger partial charge in [0, 0.05) is 18.8 Å². The number of carbonyl (C=O) groups is 1. The Bertz CT molecular complexity index is 678. The molecule has 0 spiro atoms. The lowest BCUT2D eigenvalue weighted by Gasteiger charge is -2.11. The molecule has 0 bridgehead atoms. The molecule has 1 aliphatic rings. The van der Waals surface area contributed by atoms with Crippen LogP contribution in [-0.4, -0.2) is 19.2 Å². The number of rotatable bonds is 1. The Kier molecular flexibility index (Phi) is 2.76. The van der Waals surface area contributed by atoms with Crippen molar-refractivity contribution in [3.8, 4) is 11.5 Å². The molecule has 0 fully saturated rings. The van der Waals surface area contributed by atoms with Crippen molar-refractivity contribution < 1.29 is 9.53 Å². The van der Waals surface area contributed by atoms with Crippen molar-refractivity contribution in [1.29, 1.82) is 0 Å². The van der Waals surface area contributed by atoms with E-state index in [-0.39, 0.29) is 5.91 Å². The van der Waals surface area contributed by atoms with Crippen molar-refractivity contribution in [3.05, 3.63) is 53.6 Å². The van der Waals surface area contributed by atoms with E-state index in [1.807, 2.05) is 36.4 Å². The Labute approximate surface area is 110 Å². The molecule has 0 saturated heterocycles. The second-order valence-corrected chi connectivity index (χ2v) is 4.13. The normalized spacial score (nSPS) is 11.8. The summed E-state index contributed by atoms with van der Waals surface area (Å²) in [5.74, 6) is 1.01. The third kappa shape index (κ3) is 1.97. The Morgan fingerprint density at radius 2 is 2.00 bits per heavy atom. The Morgan fingerprint density at radius 1 is 1.16 bits per heavy atom. The van der Waals surface area contributed by atoms with E-state index >= 15 is 0 Å². The third-order valence-electron chi connectivity index (χ3n) is 2.94. The molecular weight excluding hydrogens is 240 g/mol. The minimum Gasteiger partial charge on any atom is -0.454 e. The number of hydrogen-bond acceptors (Lipinski definition) is 3. The number of benzene rings is 2. The van der Waals surface area contributed by atoms with Crippen LogP contribution in [0.4, 0.5) is 5.69 Å². The quantitative estimate of drug-likeness (QED) is 0.724. The Balaban J connectivity index is 2.17. The highest BCUT2D eigenvalue weighted by atomic mass is 16.5. The number of nitrogens with zero attached hydrogens (tertiary/aromatic N) is 1. The zero-order valence-corrected chi connectivity index (χ0v) is 10.4. The van der Waals surface area contributed by atoms with Crippen molar-refractivity contribution in [1.82, 2.24) is 5.32 Å². The van der Waals surface area contributed by atoms with Crippen LogP contribution in [-0.2, 0) is 0 Å². The topological polar surface area (TPSA) is 50.7 Å². The smallest absolute Gasteiger partial charge is 0.254 e. The van der Waals surface area contributed by atoms with Crippen LogP contribution in [0.2, 0.25) is 0 Å². The van der Waals surface area contributed by atoms with Crippen LogP contribution in [0.1, 0.15) is 15.9 Å². The molecule has 0 unspecified atom stereocenters. The molecule has 0 aliphatic carbocycles. The average molecular weight is 252 g/mol. The minimum absolute atomic E-state index is 0.176. The molecule has 1 N–H and O–H groups in total. The molecule has 1 heterocycles. The summed E-state index contributed by atoms with van der Waals surface area (Å²) in [6.45, 7) is 0. The van der Waals surface area contributed by atoms with E-state index in [4.69, 9.17) is 4.74 Å². The number of ether oxygens (including phenoxy) is 1. The Morgan fingerprint density at radius 3 is 2.84 bits per heavy atom. The number of carbonyl (C=O) groups excluding carboxylic acids is 1. The Hall–Kier alpha value is -2.62. The van der Waals surface area contributed by atoms with Crippen molar-refractivity contribution in [3.63, 3.8) is 0 Å². The van der Waals surface area contributed by atoms with E-state index in [2.05, 4.69) is 10.3 Å². The van der Waals surface area contributed by atoms with Crippen molar-refractivity contribution in [2.24, 2.45) is 4.99 Å². The predicted octanol–water partition coefficient (Wildman–Crippen LogP) is 2.90. The molecular formula is C15H12N2O2. The minimum atomic E-state index is -0.176. The van der Waals surface area contributed by atoms with E-state index in [1.54, 1.807) is 19.3 Å². The summed E-state index contributed by atoms with van der Waals surface area (Å²) in [5.41, 5.74) is 2.04. The van der Waals surface area contributed by atoms with Crippen LogP contribution in [0.25, 0.3) is 0 Å². The maximum atomic E-state index is 11.9. The summed E-state index contributed by atoms with van der Waals surface area (Å²) in [4.78, 5) is 16.2. The molecule has 1 amide bonds. The summed E-state index contributed by atoms with van der Waals surface area (Å²) in [5, 5.41) is 2.61. The lowest BCUT2D eigenvalue weighted by atomic mass is 10.1. The van der Waals surface area contributed by atoms with Gasteiger partial charge < -0.3 is 10.1 Å². The third-order valence-corrected chi connectivity index (χ3v) is 2.94. The average Bonchev–Trinajstić information content (AvgIpc) is 2.65. The maximum absolute atomic E-state index is 11.9. The highest BCUT2D eigenvalue weighted by molar-refractivity contribution is 6.01. The molecule has 4 nitrogen and oxygen atoms in total. The number of fused-ring (bicyclic) bond motifs is 2. The van der Waals surface area contributed by atoms with Gasteiger partial charge in [-0.2, -0.15) is 0 Å². The van der Waals surface area contributed by atoms with Crippen LogP contribution in [0, 0.1) is 0 Å². The van der Waals surface area contributed by atoms with Crippen LogP contribution in [0.5, 0.6) is 11.5 Å². The summed E-state index contributed by atoms with van der Waals surface area (Å²) in [6.07, 6.45) is 1.72. The molecule has 2 aromatic rings. The lowest BCUT2D eigenvalue weighted by Crippen LogP contribution is -2.18. The largest absolute Gasteiger partial charge is 0.454 e. The van der Waals surface area contributed by atoms with Gasteiger partial charge in [0.25, 0.3) is 5.91 Å². The van der Waals surface area contributed by atoms with Gasteiger partial charge in [-0.15, -0.1) is 0 Å². The number of para-hydroxylation sites is 3. The van der Waals surface area contributed by atoms with Gasteiger partial charge in [0.1, 0.15) is 11.4 Å². The molecule has 0 saturated carbocycles. The van der Waals surface area contributed by atoms with Gasteiger partial charge in [-0.1, -0.05) is 18.2 Å². The summed E-state index contributed by atoms with van der Waals surface area (Å²) in [6, 6.07) is 12.9. The molecule has 2 aromatic carbocycles. The first-order valence-electron chi connectivity index (χ1n) is 5.95. The number of hydrogen-bond donors (Lipinski definition) is 1. The molecule has 0 atom stereocenters. The zero-order valence-electron chi connectivity index (χ0n) is 10.4. The van der Waals surface area contributed by atoms with Gasteiger partial charge in [0.05, 0.1) is 5.56 Å². The fourth-order valence-electron chi connectivity index (χ4n) is 1.98. The molecule has 94 valence electrons. The first-order chi connectivity index (χ1) is 9.29. The van der Waals surface area contributed by atoms with E-state index in [0.29, 0.717) is 17.1 Å². The van der Waals surface area contributed by atoms with Crippen molar-refractivity contribution >= 4 is 17.8 Å². The number of nitrogens with one attached hydrogen (secondary N) is 1. The van der Waals surface area contributed by atoms with Gasteiger partial charge in [0.15, 0.2) is 5.75 Å². The van der Waals surface area contributed by atoms with Crippen molar-refractivity contribution in [2.45, 2.75) is 0 Å². The number of aliphatic imine (C=N–C) groups is 1. The predicted molar refractivity (Wildman–Crippen MR) is 73.6 cm³/mol. The lowest BCUT2D eigenvalue weighted by molar-refractivity contribution is 0.0961. The van der Waals surface area contributed by atoms with E-state index in [0.717, 1.165) is 11.3 Å². The van der Waals surface area contributed by atoms with Gasteiger partial charge >= 0.3 is 0 Å². The maximum Gasteiger partial charge on any atom is 0.254 e. The van der Waals surface area contributed by atoms with Gasteiger partial charge in [-0.05, 0) is 24.3 Å². The van der Waals surface area contributed by atoms with Crippen LogP contribution < -0.4 is 10.1 Å². The summed E-state index contributed by atoms with van der Waals surface area (Å²) in [7, 11) is 1.60. The standard InChI is InChI=1S/C15H12N2O2/c1-16-15(18)11-6-4-5-10-9-17-12-7-2-3-8-13(12)19-14(10)11/h2-9H,1H3,(H,16,18). The number of amides is 1. The summed E-state index contributed by atoms with van der Waals surface area (Å²) < 4.78 is 5.87. The molecule has 19 heavy (non-hydrogen) atoms. The molecule has 3 rings (SSSR count). The van der Waals surface area contributed by atoms with Crippen LogP contribution in [0.3, 0.4) is 0 Å². The van der Waals surface area contributed by atoms with E-state index < -0.39 is 0 Å². The fourth-order valence-corrected chi connectivity index (χ4v) is 1.98. The first-order valence-corrected chi connectivity index (χ1v) is 5.95.